The maximum Gasteiger partial charge on any atom is 0.307 e. The Balaban J connectivity index is 2.96. The summed E-state index contributed by atoms with van der Waals surface area (Å²) in [5.74, 6) is -1.16. The summed E-state index contributed by atoms with van der Waals surface area (Å²) in [5, 5.41) is 17.6. The largest absolute Gasteiger partial charge is 0.508 e. The lowest BCUT2D eigenvalue weighted by atomic mass is 10.1. The van der Waals surface area contributed by atoms with Gasteiger partial charge in [0.1, 0.15) is 12.4 Å². The van der Waals surface area contributed by atoms with Crippen LogP contribution in [0.2, 0.25) is 0 Å². The topological polar surface area (TPSA) is 57.5 Å². The number of carboxylic acid groups (broad SMARTS) is 1. The fourth-order valence-electron chi connectivity index (χ4n) is 1.03. The molecule has 1 rings (SSSR count). The Labute approximate surface area is 74.4 Å². The molecular weight excluding hydrogens is 175 g/mol. The maximum atomic E-state index is 12.1. The molecule has 0 radical (unpaired) electrons. The van der Waals surface area contributed by atoms with E-state index in [1.165, 1.54) is 18.2 Å². The van der Waals surface area contributed by atoms with E-state index in [2.05, 4.69) is 0 Å². The van der Waals surface area contributed by atoms with Gasteiger partial charge in [0.25, 0.3) is 0 Å². The van der Waals surface area contributed by atoms with Crippen molar-refractivity contribution in [1.82, 2.24) is 0 Å². The summed E-state index contributed by atoms with van der Waals surface area (Å²) >= 11 is 0. The summed E-state index contributed by atoms with van der Waals surface area (Å²) in [4.78, 5) is 10.3. The first-order chi connectivity index (χ1) is 6.13. The quantitative estimate of drug-likeness (QED) is 0.748. The fourth-order valence-corrected chi connectivity index (χ4v) is 1.03. The number of hydrogen-bond acceptors (Lipinski definition) is 2. The van der Waals surface area contributed by atoms with E-state index in [9.17, 15) is 14.3 Å². The number of phenolic OH excluding ortho intramolecular Hbond substituents is 1. The van der Waals surface area contributed by atoms with Gasteiger partial charge in [0.05, 0.1) is 6.42 Å². The molecule has 0 heterocycles. The smallest absolute Gasteiger partial charge is 0.307 e. The summed E-state index contributed by atoms with van der Waals surface area (Å²) < 4.78 is 12.1. The van der Waals surface area contributed by atoms with Gasteiger partial charge in [-0.05, 0) is 17.7 Å². The lowest BCUT2D eigenvalue weighted by Crippen LogP contribution is -2.00. The van der Waals surface area contributed by atoms with E-state index in [4.69, 9.17) is 5.11 Å². The van der Waals surface area contributed by atoms with Crippen LogP contribution in [-0.4, -0.2) is 16.2 Å². The molecule has 0 saturated heterocycles. The molecule has 0 aliphatic rings. The lowest BCUT2D eigenvalue weighted by Gasteiger charge is -2.02. The Hall–Kier alpha value is -1.58. The molecule has 0 aliphatic carbocycles. The van der Waals surface area contributed by atoms with Crippen molar-refractivity contribution < 1.29 is 19.4 Å². The molecule has 3 nitrogen and oxygen atoms in total. The molecule has 4 heteroatoms. The molecule has 13 heavy (non-hydrogen) atoms. The number of hydrogen-bond donors (Lipinski definition) is 2. The lowest BCUT2D eigenvalue weighted by molar-refractivity contribution is -0.136. The second-order valence-corrected chi connectivity index (χ2v) is 2.67. The van der Waals surface area contributed by atoms with Crippen molar-refractivity contribution in [2.45, 2.75) is 13.1 Å². The summed E-state index contributed by atoms with van der Waals surface area (Å²) in [6.45, 7) is -0.660. The van der Waals surface area contributed by atoms with Gasteiger partial charge >= 0.3 is 5.97 Å². The van der Waals surface area contributed by atoms with E-state index in [1.807, 2.05) is 0 Å². The summed E-state index contributed by atoms with van der Waals surface area (Å²) in [6.07, 6.45) is -0.292. The first kappa shape index (κ1) is 9.51. The van der Waals surface area contributed by atoms with Gasteiger partial charge in [-0.3, -0.25) is 4.79 Å². The van der Waals surface area contributed by atoms with Crippen LogP contribution < -0.4 is 0 Å². The van der Waals surface area contributed by atoms with E-state index < -0.39 is 12.6 Å². The highest BCUT2D eigenvalue weighted by molar-refractivity contribution is 5.71. The van der Waals surface area contributed by atoms with Crippen LogP contribution in [0.4, 0.5) is 4.39 Å². The van der Waals surface area contributed by atoms with Crippen LogP contribution in [0.15, 0.2) is 18.2 Å². The minimum absolute atomic E-state index is 0.111. The third-order valence-electron chi connectivity index (χ3n) is 1.64. The highest BCUT2D eigenvalue weighted by atomic mass is 19.1. The van der Waals surface area contributed by atoms with Crippen molar-refractivity contribution in [3.63, 3.8) is 0 Å². The molecule has 0 amide bonds. The molecule has 1 aromatic rings. The molecule has 0 bridgehead atoms. The highest BCUT2D eigenvalue weighted by Crippen LogP contribution is 2.19. The van der Waals surface area contributed by atoms with E-state index in [-0.39, 0.29) is 17.7 Å². The van der Waals surface area contributed by atoms with Gasteiger partial charge in [-0.25, -0.2) is 4.39 Å². The second-order valence-electron chi connectivity index (χ2n) is 2.67. The molecule has 0 atom stereocenters. The second kappa shape index (κ2) is 3.89. The van der Waals surface area contributed by atoms with Gasteiger partial charge in [-0.1, -0.05) is 6.07 Å². The van der Waals surface area contributed by atoms with Crippen LogP contribution in [0, 0.1) is 0 Å². The van der Waals surface area contributed by atoms with Crippen LogP contribution in [0.3, 0.4) is 0 Å². The Kier molecular flexibility index (Phi) is 2.84. The fraction of sp³-hybridized carbons (Fsp3) is 0.222. The third-order valence-corrected chi connectivity index (χ3v) is 1.64. The monoisotopic (exact) mass is 184 g/mol. The predicted molar refractivity (Wildman–Crippen MR) is 44.3 cm³/mol. The first-order valence-corrected chi connectivity index (χ1v) is 3.72. The Bertz CT molecular complexity index is 323. The SMILES string of the molecule is O=C(O)Cc1cc(CF)ccc1O. The molecule has 0 saturated carbocycles. The number of aromatic hydroxyl groups is 1. The normalized spacial score (nSPS) is 9.92. The van der Waals surface area contributed by atoms with Crippen molar-refractivity contribution >= 4 is 5.97 Å². The number of aliphatic carboxylic acids is 1. The zero-order chi connectivity index (χ0) is 9.84. The molecule has 0 fully saturated rings. The van der Waals surface area contributed by atoms with Crippen LogP contribution in [0.25, 0.3) is 0 Å². The van der Waals surface area contributed by atoms with Gasteiger partial charge in [0.2, 0.25) is 0 Å². The van der Waals surface area contributed by atoms with Gasteiger partial charge < -0.3 is 10.2 Å². The molecule has 0 unspecified atom stereocenters. The highest BCUT2D eigenvalue weighted by Gasteiger charge is 2.06. The summed E-state index contributed by atoms with van der Waals surface area (Å²) in [5.41, 5.74) is 0.608. The summed E-state index contributed by atoms with van der Waals surface area (Å²) in [7, 11) is 0. The number of phenols is 1. The standard InChI is InChI=1S/C9H9FO3/c10-5-6-1-2-8(11)7(3-6)4-9(12)13/h1-3,11H,4-5H2,(H,12,13). The van der Waals surface area contributed by atoms with Crippen molar-refractivity contribution in [2.75, 3.05) is 0 Å². The van der Waals surface area contributed by atoms with Gasteiger partial charge in [-0.2, -0.15) is 0 Å². The molecule has 0 aliphatic heterocycles. The van der Waals surface area contributed by atoms with Gasteiger partial charge in [0, 0.05) is 5.56 Å². The van der Waals surface area contributed by atoms with E-state index >= 15 is 0 Å². The van der Waals surface area contributed by atoms with Crippen LogP contribution in [0.5, 0.6) is 5.75 Å². The molecule has 0 aromatic heterocycles. The number of carbonyl (C=O) groups is 1. The third kappa shape index (κ3) is 2.43. The first-order valence-electron chi connectivity index (χ1n) is 3.72. The number of rotatable bonds is 3. The minimum atomic E-state index is -1.05. The molecule has 1 aromatic carbocycles. The van der Waals surface area contributed by atoms with Crippen LogP contribution >= 0.6 is 0 Å². The van der Waals surface area contributed by atoms with Crippen molar-refractivity contribution in [2.24, 2.45) is 0 Å². The number of carboxylic acids is 1. The van der Waals surface area contributed by atoms with Crippen molar-refractivity contribution in [1.29, 1.82) is 0 Å². The van der Waals surface area contributed by atoms with Crippen molar-refractivity contribution in [3.8, 4) is 5.75 Å². The Morgan fingerprint density at radius 2 is 2.15 bits per heavy atom. The maximum absolute atomic E-state index is 12.1. The number of alkyl halides is 1. The van der Waals surface area contributed by atoms with Crippen LogP contribution in [-0.2, 0) is 17.9 Å². The number of benzene rings is 1. The van der Waals surface area contributed by atoms with E-state index in [1.54, 1.807) is 0 Å². The molecule has 0 spiro atoms. The zero-order valence-corrected chi connectivity index (χ0v) is 6.83. The molecule has 2 N–H and O–H groups in total. The number of halogens is 1. The van der Waals surface area contributed by atoms with E-state index in [0.29, 0.717) is 5.56 Å². The molecule has 70 valence electrons. The Morgan fingerprint density at radius 3 is 2.69 bits per heavy atom. The average molecular weight is 184 g/mol. The molecular formula is C9H9FO3. The predicted octanol–water partition coefficient (Wildman–Crippen LogP) is 1.49. The van der Waals surface area contributed by atoms with Gasteiger partial charge in [-0.15, -0.1) is 0 Å². The summed E-state index contributed by atoms with van der Waals surface area (Å²) in [6, 6.07) is 4.07. The zero-order valence-electron chi connectivity index (χ0n) is 6.83. The Morgan fingerprint density at radius 1 is 1.46 bits per heavy atom. The van der Waals surface area contributed by atoms with E-state index in [0.717, 1.165) is 0 Å². The minimum Gasteiger partial charge on any atom is -0.508 e. The average Bonchev–Trinajstić information content (AvgIpc) is 2.08. The van der Waals surface area contributed by atoms with Crippen molar-refractivity contribution in [3.05, 3.63) is 29.3 Å². The van der Waals surface area contributed by atoms with Crippen LogP contribution in [0.1, 0.15) is 11.1 Å². The van der Waals surface area contributed by atoms with Gasteiger partial charge in [0.15, 0.2) is 0 Å².